The lowest BCUT2D eigenvalue weighted by atomic mass is 9.77. The number of ether oxygens (including phenoxy) is 1. The van der Waals surface area contributed by atoms with Gasteiger partial charge < -0.3 is 20.1 Å². The van der Waals surface area contributed by atoms with E-state index in [4.69, 9.17) is 16.3 Å². The van der Waals surface area contributed by atoms with Gasteiger partial charge in [0.05, 0.1) is 17.2 Å². The van der Waals surface area contributed by atoms with Crippen LogP contribution in [0.4, 0.5) is 0 Å². The smallest absolute Gasteiger partial charge is 0.137 e. The van der Waals surface area contributed by atoms with E-state index in [9.17, 15) is 5.11 Å². The molecule has 4 rings (SSSR count). The predicted octanol–water partition coefficient (Wildman–Crippen LogP) is 4.90. The molecule has 2 aliphatic rings. The van der Waals surface area contributed by atoms with E-state index in [1.807, 2.05) is 36.4 Å². The van der Waals surface area contributed by atoms with E-state index >= 15 is 0 Å². The number of halogens is 1. The summed E-state index contributed by atoms with van der Waals surface area (Å²) in [7, 11) is 0. The van der Waals surface area contributed by atoms with Crippen LogP contribution in [-0.4, -0.2) is 48.4 Å². The van der Waals surface area contributed by atoms with E-state index in [2.05, 4.69) is 28.5 Å². The van der Waals surface area contributed by atoms with E-state index in [1.165, 1.54) is 12.0 Å². The summed E-state index contributed by atoms with van der Waals surface area (Å²) in [6.45, 7) is 4.42. The number of rotatable bonds is 7. The molecule has 2 N–H and O–H groups in total. The summed E-state index contributed by atoms with van der Waals surface area (Å²) in [6, 6.07) is 16.3. The average molecular weight is 441 g/mol. The number of aliphatic hydroxyl groups is 1. The average Bonchev–Trinajstić information content (AvgIpc) is 2.80. The van der Waals surface area contributed by atoms with Gasteiger partial charge in [-0.25, -0.2) is 0 Å². The van der Waals surface area contributed by atoms with Gasteiger partial charge in [0.25, 0.3) is 0 Å². The van der Waals surface area contributed by atoms with Crippen LogP contribution in [0.5, 0.6) is 5.75 Å². The first-order valence-corrected chi connectivity index (χ1v) is 11.9. The number of benzene rings is 2. The Labute approximate surface area is 190 Å². The largest absolute Gasteiger partial charge is 0.492 e. The van der Waals surface area contributed by atoms with Crippen LogP contribution >= 0.6 is 11.6 Å². The van der Waals surface area contributed by atoms with Crippen LogP contribution in [0.2, 0.25) is 5.02 Å². The molecule has 0 spiro atoms. The maximum absolute atomic E-state index is 11.6. The van der Waals surface area contributed by atoms with Crippen LogP contribution in [0.25, 0.3) is 5.57 Å². The third kappa shape index (κ3) is 5.82. The Hall–Kier alpha value is -2.01. The van der Waals surface area contributed by atoms with Gasteiger partial charge in [0.2, 0.25) is 0 Å². The highest BCUT2D eigenvalue weighted by molar-refractivity contribution is 6.32. The Balaban J connectivity index is 1.52. The fraction of sp³-hybridized carbons (Fsp3) is 0.462. The van der Waals surface area contributed by atoms with Crippen LogP contribution in [0.1, 0.15) is 43.2 Å². The standard InChI is InChI=1S/C26H33ClN2O2/c27-24-19-22(9-10-25(24)31-18-11-21-7-3-1-4-8-21)23(20-29-16-14-28-15-17-29)26(30)12-5-2-6-13-26/h1,3-4,7-10,19-20,28,30H,2,5-6,11-18H2. The molecule has 31 heavy (non-hydrogen) atoms. The van der Waals surface area contributed by atoms with Gasteiger partial charge in [0.15, 0.2) is 0 Å². The van der Waals surface area contributed by atoms with Gasteiger partial charge in [-0.05, 0) is 36.1 Å². The van der Waals surface area contributed by atoms with Crippen molar-refractivity contribution in [2.75, 3.05) is 32.8 Å². The fourth-order valence-corrected chi connectivity index (χ4v) is 4.81. The zero-order valence-electron chi connectivity index (χ0n) is 18.2. The van der Waals surface area contributed by atoms with Crippen molar-refractivity contribution in [3.63, 3.8) is 0 Å². The minimum Gasteiger partial charge on any atom is -0.492 e. The summed E-state index contributed by atoms with van der Waals surface area (Å²) in [5.74, 6) is 0.693. The molecule has 0 bridgehead atoms. The van der Waals surface area contributed by atoms with Crippen molar-refractivity contribution in [2.24, 2.45) is 0 Å². The second kappa shape index (κ2) is 10.5. The molecule has 166 valence electrons. The van der Waals surface area contributed by atoms with Crippen LogP contribution < -0.4 is 10.1 Å². The van der Waals surface area contributed by atoms with Crippen molar-refractivity contribution in [2.45, 2.75) is 44.1 Å². The molecule has 1 aliphatic carbocycles. The molecule has 1 saturated heterocycles. The molecule has 2 fully saturated rings. The molecular formula is C26H33ClN2O2. The van der Waals surface area contributed by atoms with Gasteiger partial charge in [-0.2, -0.15) is 0 Å². The van der Waals surface area contributed by atoms with E-state index in [0.717, 1.165) is 69.4 Å². The van der Waals surface area contributed by atoms with Gasteiger partial charge >= 0.3 is 0 Å². The summed E-state index contributed by atoms with van der Waals surface area (Å²) in [6.07, 6.45) is 7.93. The monoisotopic (exact) mass is 440 g/mol. The Bertz CT molecular complexity index is 872. The highest BCUT2D eigenvalue weighted by Gasteiger charge is 2.35. The molecule has 5 heteroatoms. The maximum Gasteiger partial charge on any atom is 0.137 e. The molecule has 2 aromatic rings. The Morgan fingerprint density at radius 3 is 2.52 bits per heavy atom. The number of hydrogen-bond donors (Lipinski definition) is 2. The first-order chi connectivity index (χ1) is 15.1. The zero-order chi connectivity index (χ0) is 21.5. The Morgan fingerprint density at radius 1 is 1.06 bits per heavy atom. The van der Waals surface area contributed by atoms with Gasteiger partial charge in [-0.3, -0.25) is 0 Å². The Kier molecular flexibility index (Phi) is 7.54. The van der Waals surface area contributed by atoms with E-state index in [0.29, 0.717) is 17.4 Å². The molecule has 0 radical (unpaired) electrons. The van der Waals surface area contributed by atoms with Gasteiger partial charge in [0, 0.05) is 44.4 Å². The van der Waals surface area contributed by atoms with Crippen LogP contribution in [0.15, 0.2) is 54.7 Å². The quantitative estimate of drug-likeness (QED) is 0.642. The van der Waals surface area contributed by atoms with Crippen LogP contribution in [-0.2, 0) is 6.42 Å². The predicted molar refractivity (Wildman–Crippen MR) is 128 cm³/mol. The second-order valence-electron chi connectivity index (χ2n) is 8.65. The molecule has 0 aromatic heterocycles. The summed E-state index contributed by atoms with van der Waals surface area (Å²) in [5, 5.41) is 15.5. The third-order valence-corrected chi connectivity index (χ3v) is 6.67. The Morgan fingerprint density at radius 2 is 1.81 bits per heavy atom. The molecular weight excluding hydrogens is 408 g/mol. The lowest BCUT2D eigenvalue weighted by molar-refractivity contribution is 0.0602. The van der Waals surface area contributed by atoms with E-state index < -0.39 is 5.60 Å². The molecule has 0 amide bonds. The van der Waals surface area contributed by atoms with Crippen molar-refractivity contribution < 1.29 is 9.84 Å². The summed E-state index contributed by atoms with van der Waals surface area (Å²) < 4.78 is 5.96. The molecule has 1 heterocycles. The first kappa shape index (κ1) is 22.2. The van der Waals surface area contributed by atoms with Crippen LogP contribution in [0, 0.1) is 0 Å². The molecule has 4 nitrogen and oxygen atoms in total. The maximum atomic E-state index is 11.6. The van der Waals surface area contributed by atoms with Crippen molar-refractivity contribution in [3.8, 4) is 5.75 Å². The first-order valence-electron chi connectivity index (χ1n) is 11.5. The lowest BCUT2D eigenvalue weighted by Crippen LogP contribution is -2.42. The zero-order valence-corrected chi connectivity index (χ0v) is 18.9. The van der Waals surface area contributed by atoms with Gasteiger partial charge in [-0.1, -0.05) is 67.3 Å². The van der Waals surface area contributed by atoms with Crippen molar-refractivity contribution >= 4 is 17.2 Å². The number of nitrogens with one attached hydrogen (secondary N) is 1. The normalized spacial score (nSPS) is 19.3. The highest BCUT2D eigenvalue weighted by atomic mass is 35.5. The van der Waals surface area contributed by atoms with E-state index in [1.54, 1.807) is 0 Å². The molecule has 0 atom stereocenters. The SMILES string of the molecule is OC1(C(=CN2CCNCC2)c2ccc(OCCc3ccccc3)c(Cl)c2)CCCCC1. The molecule has 1 saturated carbocycles. The lowest BCUT2D eigenvalue weighted by Gasteiger charge is -2.37. The molecule has 0 unspecified atom stereocenters. The number of nitrogens with zero attached hydrogens (tertiary/aromatic N) is 1. The number of hydrogen-bond acceptors (Lipinski definition) is 4. The minimum atomic E-state index is -0.790. The van der Waals surface area contributed by atoms with E-state index in [-0.39, 0.29) is 0 Å². The minimum absolute atomic E-state index is 0.580. The molecule has 1 aliphatic heterocycles. The summed E-state index contributed by atoms with van der Waals surface area (Å²) in [5.41, 5.74) is 2.44. The van der Waals surface area contributed by atoms with Gasteiger partial charge in [-0.15, -0.1) is 0 Å². The topological polar surface area (TPSA) is 44.7 Å². The highest BCUT2D eigenvalue weighted by Crippen LogP contribution is 2.41. The molecule has 2 aromatic carbocycles. The summed E-state index contributed by atoms with van der Waals surface area (Å²) >= 11 is 6.62. The van der Waals surface area contributed by atoms with Crippen LogP contribution in [0.3, 0.4) is 0 Å². The van der Waals surface area contributed by atoms with Crippen molar-refractivity contribution in [1.29, 1.82) is 0 Å². The third-order valence-electron chi connectivity index (χ3n) is 6.38. The van der Waals surface area contributed by atoms with Crippen molar-refractivity contribution in [3.05, 3.63) is 70.9 Å². The van der Waals surface area contributed by atoms with Gasteiger partial charge in [0.1, 0.15) is 5.75 Å². The number of piperazine rings is 1. The fourth-order valence-electron chi connectivity index (χ4n) is 4.57. The summed E-state index contributed by atoms with van der Waals surface area (Å²) in [4.78, 5) is 2.32. The van der Waals surface area contributed by atoms with Crippen molar-refractivity contribution in [1.82, 2.24) is 10.2 Å². The second-order valence-corrected chi connectivity index (χ2v) is 9.06.